The maximum atomic E-state index is 12.9. The van der Waals surface area contributed by atoms with Gasteiger partial charge in [-0.05, 0) is 38.5 Å². The fourth-order valence-corrected chi connectivity index (χ4v) is 2.89. The van der Waals surface area contributed by atoms with Crippen LogP contribution in [0.15, 0.2) is 65.7 Å². The van der Waals surface area contributed by atoms with Crippen molar-refractivity contribution >= 4 is 5.91 Å². The first kappa shape index (κ1) is 20.3. The van der Waals surface area contributed by atoms with Crippen molar-refractivity contribution in [2.45, 2.75) is 33.4 Å². The summed E-state index contributed by atoms with van der Waals surface area (Å²) in [6.45, 7) is 10.00. The average Bonchev–Trinajstić information content (AvgIpc) is 3.16. The van der Waals surface area contributed by atoms with Crippen molar-refractivity contribution < 1.29 is 14.1 Å². The lowest BCUT2D eigenvalue weighted by Crippen LogP contribution is -2.40. The van der Waals surface area contributed by atoms with Gasteiger partial charge in [0.15, 0.2) is 6.10 Å². The molecule has 3 aromatic rings. The molecule has 2 aromatic carbocycles. The molecule has 1 amide bonds. The number of nitrogens with zero attached hydrogens (tertiary/aromatic N) is 3. The topological polar surface area (TPSA) is 68.5 Å². The second kappa shape index (κ2) is 9.19. The molecule has 1 heterocycles. The molecule has 0 aliphatic carbocycles. The molecular weight excluding hydrogens is 366 g/mol. The first-order valence-corrected chi connectivity index (χ1v) is 9.49. The quantitative estimate of drug-likeness (QED) is 0.535. The highest BCUT2D eigenvalue weighted by molar-refractivity contribution is 5.81. The summed E-state index contributed by atoms with van der Waals surface area (Å²) in [4.78, 5) is 18.9. The number of hydrogen-bond donors (Lipinski definition) is 0. The first-order chi connectivity index (χ1) is 14.0. The smallest absolute Gasteiger partial charge is 0.264 e. The monoisotopic (exact) mass is 391 g/mol. The van der Waals surface area contributed by atoms with Crippen molar-refractivity contribution in [2.24, 2.45) is 0 Å². The Hall–Kier alpha value is -3.41. The molecule has 0 N–H and O–H groups in total. The molecule has 0 bridgehead atoms. The van der Waals surface area contributed by atoms with Crippen molar-refractivity contribution in [3.05, 3.63) is 78.2 Å². The predicted octanol–water partition coefficient (Wildman–Crippen LogP) is 4.34. The second-order valence-electron chi connectivity index (χ2n) is 6.96. The number of amides is 1. The highest BCUT2D eigenvalue weighted by Crippen LogP contribution is 2.18. The molecule has 1 atom stereocenters. The third-order valence-electron chi connectivity index (χ3n) is 4.42. The fourth-order valence-electron chi connectivity index (χ4n) is 2.89. The molecule has 0 aliphatic heterocycles. The van der Waals surface area contributed by atoms with Crippen LogP contribution in [-0.2, 0) is 11.3 Å². The molecule has 0 aliphatic rings. The molecule has 0 radical (unpaired) electrons. The minimum Gasteiger partial charge on any atom is -0.481 e. The molecule has 6 nitrogen and oxygen atoms in total. The van der Waals surface area contributed by atoms with Crippen LogP contribution >= 0.6 is 0 Å². The SMILES string of the molecule is C=CCN(Cc1nc(-c2ccc(C)cc2)no1)C(=O)[C@H](C)Oc1cccc(C)c1. The van der Waals surface area contributed by atoms with Gasteiger partial charge in [-0.25, -0.2) is 0 Å². The zero-order chi connectivity index (χ0) is 20.8. The first-order valence-electron chi connectivity index (χ1n) is 9.49. The van der Waals surface area contributed by atoms with E-state index in [4.69, 9.17) is 9.26 Å². The van der Waals surface area contributed by atoms with Crippen molar-refractivity contribution in [1.29, 1.82) is 0 Å². The summed E-state index contributed by atoms with van der Waals surface area (Å²) in [5.41, 5.74) is 3.09. The Kier molecular flexibility index (Phi) is 6.44. The molecule has 1 aromatic heterocycles. The lowest BCUT2D eigenvalue weighted by molar-refractivity contribution is -0.138. The number of carbonyl (C=O) groups excluding carboxylic acids is 1. The minimum absolute atomic E-state index is 0.179. The van der Waals surface area contributed by atoms with Gasteiger partial charge in [0.2, 0.25) is 11.7 Å². The summed E-state index contributed by atoms with van der Waals surface area (Å²) in [5, 5.41) is 4.03. The van der Waals surface area contributed by atoms with Crippen LogP contribution in [0.25, 0.3) is 11.4 Å². The summed E-state index contributed by atoms with van der Waals surface area (Å²) >= 11 is 0. The Balaban J connectivity index is 1.70. The van der Waals surface area contributed by atoms with Crippen LogP contribution in [0.5, 0.6) is 5.75 Å². The molecule has 150 valence electrons. The second-order valence-corrected chi connectivity index (χ2v) is 6.96. The number of benzene rings is 2. The largest absolute Gasteiger partial charge is 0.481 e. The van der Waals surface area contributed by atoms with Crippen LogP contribution in [0.1, 0.15) is 23.9 Å². The Labute approximate surface area is 170 Å². The molecule has 0 spiro atoms. The summed E-state index contributed by atoms with van der Waals surface area (Å²) in [7, 11) is 0. The van der Waals surface area contributed by atoms with Crippen LogP contribution in [0, 0.1) is 13.8 Å². The lowest BCUT2D eigenvalue weighted by Gasteiger charge is -2.23. The third-order valence-corrected chi connectivity index (χ3v) is 4.42. The number of ether oxygens (including phenoxy) is 1. The van der Waals surface area contributed by atoms with Crippen molar-refractivity contribution in [3.63, 3.8) is 0 Å². The maximum Gasteiger partial charge on any atom is 0.264 e. The van der Waals surface area contributed by atoms with E-state index in [0.717, 1.165) is 16.7 Å². The van der Waals surface area contributed by atoms with Gasteiger partial charge in [-0.15, -0.1) is 6.58 Å². The van der Waals surface area contributed by atoms with Gasteiger partial charge in [0.05, 0.1) is 0 Å². The molecule has 6 heteroatoms. The number of aryl methyl sites for hydroxylation is 2. The van der Waals surface area contributed by atoms with Crippen LogP contribution in [0.4, 0.5) is 0 Å². The van der Waals surface area contributed by atoms with Crippen LogP contribution in [0.2, 0.25) is 0 Å². The van der Waals surface area contributed by atoms with Crippen molar-refractivity contribution in [1.82, 2.24) is 15.0 Å². The molecule has 0 saturated carbocycles. The van der Waals surface area contributed by atoms with E-state index in [1.807, 2.05) is 62.4 Å². The van der Waals surface area contributed by atoms with E-state index in [-0.39, 0.29) is 12.5 Å². The van der Waals surface area contributed by atoms with Crippen molar-refractivity contribution in [3.8, 4) is 17.1 Å². The Morgan fingerprint density at radius 1 is 1.21 bits per heavy atom. The highest BCUT2D eigenvalue weighted by atomic mass is 16.5. The zero-order valence-corrected chi connectivity index (χ0v) is 17.0. The van der Waals surface area contributed by atoms with E-state index in [0.29, 0.717) is 24.0 Å². The van der Waals surface area contributed by atoms with E-state index >= 15 is 0 Å². The fraction of sp³-hybridized carbons (Fsp3) is 0.261. The van der Waals surface area contributed by atoms with Gasteiger partial charge in [0.25, 0.3) is 5.91 Å². The zero-order valence-electron chi connectivity index (χ0n) is 17.0. The van der Waals surface area contributed by atoms with Gasteiger partial charge in [0.1, 0.15) is 12.3 Å². The number of hydrogen-bond acceptors (Lipinski definition) is 5. The summed E-state index contributed by atoms with van der Waals surface area (Å²) in [6, 6.07) is 15.5. The van der Waals surface area contributed by atoms with Gasteiger partial charge < -0.3 is 14.2 Å². The molecule has 3 rings (SSSR count). The van der Waals surface area contributed by atoms with Gasteiger partial charge in [0, 0.05) is 12.1 Å². The minimum atomic E-state index is -0.656. The van der Waals surface area contributed by atoms with E-state index in [2.05, 4.69) is 16.7 Å². The Morgan fingerprint density at radius 3 is 2.66 bits per heavy atom. The summed E-state index contributed by atoms with van der Waals surface area (Å²) in [5.74, 6) is 1.33. The standard InChI is InChI=1S/C23H25N3O3/c1-5-13-26(23(27)18(4)28-20-8-6-7-17(3)14-20)15-21-24-22(25-29-21)19-11-9-16(2)10-12-19/h5-12,14,18H,1,13,15H2,2-4H3/t18-/m0/s1. The summed E-state index contributed by atoms with van der Waals surface area (Å²) < 4.78 is 11.2. The number of rotatable bonds is 8. The average molecular weight is 391 g/mol. The van der Waals surface area contributed by atoms with Crippen molar-refractivity contribution in [2.75, 3.05) is 6.54 Å². The highest BCUT2D eigenvalue weighted by Gasteiger charge is 2.23. The van der Waals surface area contributed by atoms with E-state index in [9.17, 15) is 4.79 Å². The molecule has 0 unspecified atom stereocenters. The molecular formula is C23H25N3O3. The third kappa shape index (κ3) is 5.31. The summed E-state index contributed by atoms with van der Waals surface area (Å²) in [6.07, 6.45) is 1.00. The van der Waals surface area contributed by atoms with Crippen LogP contribution < -0.4 is 4.74 Å². The lowest BCUT2D eigenvalue weighted by atomic mass is 10.1. The number of carbonyl (C=O) groups is 1. The van der Waals surface area contributed by atoms with E-state index in [1.54, 1.807) is 17.9 Å². The van der Waals surface area contributed by atoms with Gasteiger partial charge >= 0.3 is 0 Å². The molecule has 0 fully saturated rings. The molecule has 29 heavy (non-hydrogen) atoms. The molecule has 0 saturated heterocycles. The Bertz CT molecular complexity index is 979. The normalized spacial score (nSPS) is 11.7. The maximum absolute atomic E-state index is 12.9. The van der Waals surface area contributed by atoms with E-state index in [1.165, 1.54) is 0 Å². The van der Waals surface area contributed by atoms with Crippen LogP contribution in [0.3, 0.4) is 0 Å². The van der Waals surface area contributed by atoms with E-state index < -0.39 is 6.10 Å². The predicted molar refractivity (Wildman–Crippen MR) is 111 cm³/mol. The van der Waals surface area contributed by atoms with Gasteiger partial charge in [-0.3, -0.25) is 4.79 Å². The Morgan fingerprint density at radius 2 is 1.97 bits per heavy atom. The number of aromatic nitrogens is 2. The van der Waals surface area contributed by atoms with Gasteiger partial charge in [-0.2, -0.15) is 4.98 Å². The van der Waals surface area contributed by atoms with Gasteiger partial charge in [-0.1, -0.05) is 53.2 Å². The van der Waals surface area contributed by atoms with Crippen LogP contribution in [-0.4, -0.2) is 33.6 Å².